The van der Waals surface area contributed by atoms with Gasteiger partial charge in [-0.1, -0.05) is 6.42 Å². The lowest BCUT2D eigenvalue weighted by Crippen LogP contribution is -2.44. The number of alkyl halides is 3. The summed E-state index contributed by atoms with van der Waals surface area (Å²) in [5, 5.41) is -0.763. The van der Waals surface area contributed by atoms with Crippen LogP contribution in [0.5, 0.6) is 0 Å². The maximum absolute atomic E-state index is 13.6. The van der Waals surface area contributed by atoms with Gasteiger partial charge in [0.05, 0.1) is 11.9 Å². The number of thioether (sulfide) groups is 1. The van der Waals surface area contributed by atoms with Crippen LogP contribution in [0.1, 0.15) is 25.7 Å². The van der Waals surface area contributed by atoms with Gasteiger partial charge >= 0.3 is 6.18 Å². The monoisotopic (exact) mass is 415 g/mol. The van der Waals surface area contributed by atoms with Crippen LogP contribution in [0, 0.1) is 5.92 Å². The van der Waals surface area contributed by atoms with Crippen LogP contribution in [-0.2, 0) is 19.4 Å². The predicted octanol–water partition coefficient (Wildman–Crippen LogP) is 2.63. The van der Waals surface area contributed by atoms with Crippen molar-refractivity contribution in [1.82, 2.24) is 4.90 Å². The highest BCUT2D eigenvalue weighted by Gasteiger charge is 2.42. The Labute approximate surface area is 156 Å². The maximum atomic E-state index is 13.6. The van der Waals surface area contributed by atoms with Crippen LogP contribution in [-0.4, -0.2) is 68.3 Å². The van der Waals surface area contributed by atoms with Crippen LogP contribution in [0.4, 0.5) is 13.2 Å². The van der Waals surface area contributed by atoms with Crippen molar-refractivity contribution in [2.24, 2.45) is 5.92 Å². The number of ether oxygens (including phenoxy) is 1. The molecule has 150 valence electrons. The zero-order valence-corrected chi connectivity index (χ0v) is 16.4. The van der Waals surface area contributed by atoms with Gasteiger partial charge in [0.15, 0.2) is 0 Å². The lowest BCUT2D eigenvalue weighted by Gasteiger charge is -2.33. The summed E-state index contributed by atoms with van der Waals surface area (Å²) in [4.78, 5) is 13.6. The Morgan fingerprint density at radius 1 is 1.31 bits per heavy atom. The van der Waals surface area contributed by atoms with Gasteiger partial charge < -0.3 is 9.64 Å². The van der Waals surface area contributed by atoms with Crippen LogP contribution >= 0.6 is 11.8 Å². The van der Waals surface area contributed by atoms with Gasteiger partial charge in [-0.05, 0) is 31.4 Å². The second-order valence-electron chi connectivity index (χ2n) is 6.83. The predicted molar refractivity (Wildman–Crippen MR) is 94.6 cm³/mol. The number of hydrogen-bond acceptors (Lipinski definition) is 5. The fraction of sp³-hybridized carbons (Fsp3) is 0.812. The number of nitrogens with zero attached hydrogens (tertiary/aromatic N) is 1. The summed E-state index contributed by atoms with van der Waals surface area (Å²) < 4.78 is 69.5. The standard InChI is InChI=1S/C16H24F3NO4S2/c1-25-12-8-20(10-24-9-12)15(21)7-14(16(17,18)19)11-4-3-5-13(6-11)26(2,22)23/h7,11-13H,3-6,8-10H2,1-2H3/b14-7-. The summed E-state index contributed by atoms with van der Waals surface area (Å²) in [5.74, 6) is -1.72. The molecular weight excluding hydrogens is 391 g/mol. The number of carbonyl (C=O) groups excluding carboxylic acids is 1. The number of amides is 1. The smallest absolute Gasteiger partial charge is 0.360 e. The van der Waals surface area contributed by atoms with Crippen molar-refractivity contribution in [2.45, 2.75) is 42.4 Å². The Kier molecular flexibility index (Phi) is 7.06. The topological polar surface area (TPSA) is 63.7 Å². The maximum Gasteiger partial charge on any atom is 0.413 e. The van der Waals surface area contributed by atoms with E-state index in [9.17, 15) is 26.4 Å². The SMILES string of the molecule is CSC1COCN(C(=O)/C=C(/C2CCCC(S(C)(=O)=O)C2)C(F)(F)F)C1. The molecule has 5 nitrogen and oxygen atoms in total. The molecule has 0 radical (unpaired) electrons. The highest BCUT2D eigenvalue weighted by atomic mass is 32.2. The van der Waals surface area contributed by atoms with E-state index >= 15 is 0 Å². The van der Waals surface area contributed by atoms with E-state index in [2.05, 4.69) is 0 Å². The molecule has 1 saturated heterocycles. The molecule has 0 bridgehead atoms. The Bertz CT molecular complexity index is 648. The zero-order chi connectivity index (χ0) is 19.5. The molecule has 2 aliphatic rings. The molecule has 1 amide bonds. The third-order valence-corrected chi connectivity index (χ3v) is 7.49. The van der Waals surface area contributed by atoms with E-state index in [1.807, 2.05) is 6.26 Å². The first kappa shape index (κ1) is 21.6. The van der Waals surface area contributed by atoms with Crippen LogP contribution in [0.25, 0.3) is 0 Å². The van der Waals surface area contributed by atoms with Gasteiger partial charge in [0.1, 0.15) is 16.6 Å². The first-order chi connectivity index (χ1) is 12.0. The van der Waals surface area contributed by atoms with Crippen LogP contribution < -0.4 is 0 Å². The number of sulfone groups is 1. The molecule has 0 aromatic rings. The van der Waals surface area contributed by atoms with Gasteiger partial charge in [0.25, 0.3) is 0 Å². The third-order valence-electron chi connectivity index (χ3n) is 4.90. The zero-order valence-electron chi connectivity index (χ0n) is 14.8. The number of hydrogen-bond donors (Lipinski definition) is 0. The third kappa shape index (κ3) is 5.63. The number of carbonyl (C=O) groups is 1. The summed E-state index contributed by atoms with van der Waals surface area (Å²) in [7, 11) is -3.41. The molecule has 0 N–H and O–H groups in total. The molecule has 10 heteroatoms. The molecule has 3 atom stereocenters. The first-order valence-electron chi connectivity index (χ1n) is 8.39. The molecule has 26 heavy (non-hydrogen) atoms. The van der Waals surface area contributed by atoms with Crippen molar-refractivity contribution < 1.29 is 31.1 Å². The average Bonchev–Trinajstić information content (AvgIpc) is 2.57. The highest BCUT2D eigenvalue weighted by Crippen LogP contribution is 2.40. The van der Waals surface area contributed by atoms with Gasteiger partial charge in [-0.25, -0.2) is 8.42 Å². The van der Waals surface area contributed by atoms with E-state index in [1.54, 1.807) is 0 Å². The summed E-state index contributed by atoms with van der Waals surface area (Å²) >= 11 is 1.49. The summed E-state index contributed by atoms with van der Waals surface area (Å²) in [6.07, 6.45) is -0.232. The summed E-state index contributed by atoms with van der Waals surface area (Å²) in [5.41, 5.74) is -0.929. The van der Waals surface area contributed by atoms with Crippen molar-refractivity contribution in [3.05, 3.63) is 11.6 Å². The Morgan fingerprint density at radius 2 is 2.00 bits per heavy atom. The minimum atomic E-state index is -4.67. The van der Waals surface area contributed by atoms with E-state index in [4.69, 9.17) is 4.74 Å². The number of allylic oxidation sites excluding steroid dienone is 1. The Hall–Kier alpha value is -0.740. The van der Waals surface area contributed by atoms with Gasteiger partial charge in [-0.15, -0.1) is 0 Å². The Morgan fingerprint density at radius 3 is 2.58 bits per heavy atom. The van der Waals surface area contributed by atoms with Gasteiger partial charge in [-0.2, -0.15) is 24.9 Å². The minimum absolute atomic E-state index is 0.0275. The quantitative estimate of drug-likeness (QED) is 0.661. The molecular formula is C16H24F3NO4S2. The number of rotatable bonds is 4. The molecule has 1 aliphatic carbocycles. The molecule has 1 saturated carbocycles. The van der Waals surface area contributed by atoms with Crippen LogP contribution in [0.15, 0.2) is 11.6 Å². The van der Waals surface area contributed by atoms with Crippen LogP contribution in [0.2, 0.25) is 0 Å². The molecule has 0 spiro atoms. The molecule has 2 fully saturated rings. The lowest BCUT2D eigenvalue weighted by atomic mass is 9.82. The molecule has 1 aliphatic heterocycles. The molecule has 0 aromatic carbocycles. The minimum Gasteiger partial charge on any atom is -0.360 e. The molecule has 0 aromatic heterocycles. The van der Waals surface area contributed by atoms with E-state index in [1.165, 1.54) is 16.7 Å². The normalized spacial score (nSPS) is 28.9. The van der Waals surface area contributed by atoms with E-state index in [0.29, 0.717) is 32.1 Å². The second-order valence-corrected chi connectivity index (χ2v) is 10.3. The summed E-state index contributed by atoms with van der Waals surface area (Å²) in [6.45, 7) is 0.756. The van der Waals surface area contributed by atoms with E-state index < -0.39 is 38.7 Å². The van der Waals surface area contributed by atoms with Crippen molar-refractivity contribution >= 4 is 27.5 Å². The molecule has 3 unspecified atom stereocenters. The van der Waals surface area contributed by atoms with E-state index in [-0.39, 0.29) is 24.8 Å². The Balaban J connectivity index is 2.21. The first-order valence-corrected chi connectivity index (χ1v) is 11.6. The van der Waals surface area contributed by atoms with Gasteiger partial charge in [0, 0.05) is 29.7 Å². The van der Waals surface area contributed by atoms with Crippen molar-refractivity contribution in [1.29, 1.82) is 0 Å². The largest absolute Gasteiger partial charge is 0.413 e. The lowest BCUT2D eigenvalue weighted by molar-refractivity contribution is -0.136. The fourth-order valence-corrected chi connectivity index (χ4v) is 5.15. The van der Waals surface area contributed by atoms with E-state index in [0.717, 1.165) is 6.26 Å². The van der Waals surface area contributed by atoms with Gasteiger partial charge in [0.2, 0.25) is 5.91 Å². The average molecular weight is 415 g/mol. The second kappa shape index (κ2) is 8.52. The van der Waals surface area contributed by atoms with Crippen molar-refractivity contribution in [3.63, 3.8) is 0 Å². The van der Waals surface area contributed by atoms with Crippen molar-refractivity contribution in [3.8, 4) is 0 Å². The summed E-state index contributed by atoms with van der Waals surface area (Å²) in [6, 6.07) is 0. The number of halogens is 3. The van der Waals surface area contributed by atoms with Crippen molar-refractivity contribution in [2.75, 3.05) is 32.4 Å². The van der Waals surface area contributed by atoms with Crippen LogP contribution in [0.3, 0.4) is 0 Å². The van der Waals surface area contributed by atoms with Gasteiger partial charge in [-0.3, -0.25) is 4.79 Å². The molecule has 1 heterocycles. The molecule has 2 rings (SSSR count). The fourth-order valence-electron chi connectivity index (χ4n) is 3.41. The highest BCUT2D eigenvalue weighted by molar-refractivity contribution is 7.99.